The maximum Gasteiger partial charge on any atom is 0.407 e. The predicted octanol–water partition coefficient (Wildman–Crippen LogP) is 4.89. The molecule has 4 aromatic rings. The third kappa shape index (κ3) is 6.24. The van der Waals surface area contributed by atoms with Crippen LogP contribution in [-0.4, -0.2) is 81.5 Å². The van der Waals surface area contributed by atoms with Crippen LogP contribution in [0.5, 0.6) is 5.88 Å². The first kappa shape index (κ1) is 27.3. The van der Waals surface area contributed by atoms with E-state index in [0.717, 1.165) is 42.0 Å². The van der Waals surface area contributed by atoms with Gasteiger partial charge in [0.1, 0.15) is 28.8 Å². The van der Waals surface area contributed by atoms with E-state index in [9.17, 15) is 4.79 Å². The molecule has 218 valence electrons. The molecule has 1 saturated carbocycles. The summed E-state index contributed by atoms with van der Waals surface area (Å²) in [4.78, 5) is 26.0. The van der Waals surface area contributed by atoms with Gasteiger partial charge in [-0.1, -0.05) is 0 Å². The number of carbonyl (C=O) groups excluding carboxylic acids is 1. The Labute approximate surface area is 239 Å². The van der Waals surface area contributed by atoms with Gasteiger partial charge in [0.05, 0.1) is 11.6 Å². The Morgan fingerprint density at radius 1 is 1.17 bits per heavy atom. The van der Waals surface area contributed by atoms with Gasteiger partial charge in [0.2, 0.25) is 5.88 Å². The average molecular weight is 562 g/mol. The van der Waals surface area contributed by atoms with Gasteiger partial charge in [-0.15, -0.1) is 5.10 Å². The lowest BCUT2D eigenvalue weighted by atomic mass is 9.89. The lowest BCUT2D eigenvalue weighted by Crippen LogP contribution is -2.50. The number of likely N-dealkylation sites (tertiary alicyclic amines) is 1. The number of imidazole rings is 1. The molecule has 1 amide bonds. The van der Waals surface area contributed by atoms with Crippen molar-refractivity contribution in [2.75, 3.05) is 38.1 Å². The van der Waals surface area contributed by atoms with Crippen molar-refractivity contribution in [1.82, 2.24) is 29.8 Å². The fourth-order valence-electron chi connectivity index (χ4n) is 5.53. The van der Waals surface area contributed by atoms with Gasteiger partial charge < -0.3 is 29.0 Å². The Hall–Kier alpha value is -3.86. The fourth-order valence-corrected chi connectivity index (χ4v) is 5.53. The number of anilines is 1. The smallest absolute Gasteiger partial charge is 0.407 e. The van der Waals surface area contributed by atoms with Crippen molar-refractivity contribution < 1.29 is 18.7 Å². The van der Waals surface area contributed by atoms with E-state index in [1.807, 2.05) is 45.0 Å². The number of nitrogens with one attached hydrogen (secondary N) is 1. The number of carbonyl (C=O) groups is 1. The summed E-state index contributed by atoms with van der Waals surface area (Å²) in [7, 11) is 2.09. The van der Waals surface area contributed by atoms with Crippen molar-refractivity contribution in [2.24, 2.45) is 0 Å². The maximum absolute atomic E-state index is 12.0. The van der Waals surface area contributed by atoms with Crippen LogP contribution in [0.3, 0.4) is 0 Å². The number of ether oxygens (including phenoxy) is 2. The third-order valence-electron chi connectivity index (χ3n) is 7.65. The Bertz CT molecular complexity index is 1510. The third-order valence-corrected chi connectivity index (χ3v) is 7.65. The van der Waals surface area contributed by atoms with Crippen LogP contribution in [0.25, 0.3) is 28.1 Å². The summed E-state index contributed by atoms with van der Waals surface area (Å²) in [6.07, 6.45) is 8.24. The average Bonchev–Trinajstić information content (AvgIpc) is 3.65. The summed E-state index contributed by atoms with van der Waals surface area (Å²) >= 11 is 0. The van der Waals surface area contributed by atoms with Crippen LogP contribution in [-0.2, 0) is 4.74 Å². The highest BCUT2D eigenvalue weighted by Crippen LogP contribution is 2.33. The molecule has 0 unspecified atom stereocenters. The van der Waals surface area contributed by atoms with Crippen molar-refractivity contribution in [3.8, 4) is 17.3 Å². The lowest BCUT2D eigenvalue weighted by Gasteiger charge is -2.35. The molecule has 0 radical (unpaired) electrons. The van der Waals surface area contributed by atoms with Gasteiger partial charge in [-0.2, -0.15) is 0 Å². The topological polar surface area (TPSA) is 110 Å². The quantitative estimate of drug-likeness (QED) is 0.305. The van der Waals surface area contributed by atoms with E-state index in [2.05, 4.69) is 32.1 Å². The van der Waals surface area contributed by atoms with Gasteiger partial charge in [0.15, 0.2) is 11.4 Å². The summed E-state index contributed by atoms with van der Waals surface area (Å²) in [5, 5.41) is 8.56. The second-order valence-electron chi connectivity index (χ2n) is 12.1. The number of alkyl carbamates (subject to hydrolysis) is 1. The number of rotatable bonds is 9. The zero-order valence-corrected chi connectivity index (χ0v) is 24.3. The van der Waals surface area contributed by atoms with E-state index in [0.29, 0.717) is 30.1 Å². The SMILES string of the molecule is CN(CCCN1CCCC1)c1nccc2oc(-c3cnc4ccc(O[C@H]5C[C@H](NC(=O)OC(C)(C)C)C5)nn34)cc12. The van der Waals surface area contributed by atoms with E-state index in [1.54, 1.807) is 16.9 Å². The zero-order chi connectivity index (χ0) is 28.6. The first-order chi connectivity index (χ1) is 19.7. The highest BCUT2D eigenvalue weighted by atomic mass is 16.6. The van der Waals surface area contributed by atoms with Gasteiger partial charge in [-0.05, 0) is 77.9 Å². The highest BCUT2D eigenvalue weighted by Gasteiger charge is 2.33. The minimum absolute atomic E-state index is 0.0269. The molecule has 41 heavy (non-hydrogen) atoms. The van der Waals surface area contributed by atoms with E-state index in [1.165, 1.54) is 25.9 Å². The molecule has 1 N–H and O–H groups in total. The van der Waals surface area contributed by atoms with E-state index < -0.39 is 11.7 Å². The fraction of sp³-hybridized carbons (Fsp3) is 0.533. The molecule has 1 saturated heterocycles. The Balaban J connectivity index is 1.13. The summed E-state index contributed by atoms with van der Waals surface area (Å²) in [6.45, 7) is 10.0. The maximum atomic E-state index is 12.0. The molecule has 1 aliphatic heterocycles. The molecule has 11 nitrogen and oxygen atoms in total. The number of nitrogens with zero attached hydrogens (tertiary/aromatic N) is 6. The largest absolute Gasteiger partial charge is 0.473 e. The van der Waals surface area contributed by atoms with Crippen LogP contribution >= 0.6 is 0 Å². The van der Waals surface area contributed by atoms with Crippen molar-refractivity contribution >= 4 is 28.5 Å². The molecule has 4 aromatic heterocycles. The van der Waals surface area contributed by atoms with Crippen LogP contribution in [0.15, 0.2) is 41.1 Å². The molecule has 0 spiro atoms. The van der Waals surface area contributed by atoms with Gasteiger partial charge in [0.25, 0.3) is 0 Å². The number of hydrogen-bond donors (Lipinski definition) is 1. The minimum atomic E-state index is -0.521. The molecule has 1 aliphatic carbocycles. The second-order valence-corrected chi connectivity index (χ2v) is 12.1. The Morgan fingerprint density at radius 2 is 1.98 bits per heavy atom. The first-order valence-electron chi connectivity index (χ1n) is 14.6. The highest BCUT2D eigenvalue weighted by molar-refractivity contribution is 5.91. The molecule has 2 fully saturated rings. The van der Waals surface area contributed by atoms with Crippen molar-refractivity contribution in [2.45, 2.75) is 70.6 Å². The van der Waals surface area contributed by atoms with E-state index in [4.69, 9.17) is 19.0 Å². The summed E-state index contributed by atoms with van der Waals surface area (Å²) in [5.74, 6) is 2.07. The van der Waals surface area contributed by atoms with Crippen molar-refractivity contribution in [1.29, 1.82) is 0 Å². The summed E-state index contributed by atoms with van der Waals surface area (Å²) in [6, 6.07) is 7.64. The summed E-state index contributed by atoms with van der Waals surface area (Å²) in [5.41, 5.74) is 1.69. The molecule has 11 heteroatoms. The summed E-state index contributed by atoms with van der Waals surface area (Å²) < 4.78 is 19.5. The standard InChI is InChI=1S/C30H39N7O4/c1-30(2,3)41-29(38)33-20-16-21(17-20)39-27-9-8-26-32-19-23(37(26)34-27)25-18-22-24(40-25)10-11-31-28(22)35(4)12-7-15-36-13-5-6-14-36/h8-11,18-21H,5-7,12-17H2,1-4H3,(H,33,38)/t20-,21-. The van der Waals surface area contributed by atoms with Gasteiger partial charge in [0, 0.05) is 44.7 Å². The molecular formula is C30H39N7O4. The predicted molar refractivity (Wildman–Crippen MR) is 156 cm³/mol. The lowest BCUT2D eigenvalue weighted by molar-refractivity contribution is 0.0352. The van der Waals surface area contributed by atoms with E-state index >= 15 is 0 Å². The molecule has 0 aromatic carbocycles. The number of furan rings is 1. The first-order valence-corrected chi connectivity index (χ1v) is 14.6. The molecule has 0 atom stereocenters. The van der Waals surface area contributed by atoms with Crippen molar-refractivity contribution in [3.63, 3.8) is 0 Å². The number of pyridine rings is 1. The second kappa shape index (κ2) is 11.2. The Kier molecular flexibility index (Phi) is 7.46. The molecule has 2 aliphatic rings. The molecule has 0 bridgehead atoms. The molecular weight excluding hydrogens is 522 g/mol. The number of amides is 1. The number of aromatic nitrogens is 4. The number of hydrogen-bond acceptors (Lipinski definition) is 9. The van der Waals surface area contributed by atoms with Crippen LogP contribution < -0.4 is 15.0 Å². The monoisotopic (exact) mass is 561 g/mol. The normalized spacial score (nSPS) is 19.4. The van der Waals surface area contributed by atoms with Crippen LogP contribution in [0, 0.1) is 0 Å². The van der Waals surface area contributed by atoms with Crippen LogP contribution in [0.4, 0.5) is 10.6 Å². The van der Waals surface area contributed by atoms with Gasteiger partial charge in [-0.3, -0.25) is 0 Å². The number of fused-ring (bicyclic) bond motifs is 2. The van der Waals surface area contributed by atoms with Gasteiger partial charge >= 0.3 is 6.09 Å². The van der Waals surface area contributed by atoms with Crippen LogP contribution in [0.2, 0.25) is 0 Å². The zero-order valence-electron chi connectivity index (χ0n) is 24.3. The minimum Gasteiger partial charge on any atom is -0.473 e. The van der Waals surface area contributed by atoms with E-state index in [-0.39, 0.29) is 12.1 Å². The van der Waals surface area contributed by atoms with Gasteiger partial charge in [-0.25, -0.2) is 19.3 Å². The van der Waals surface area contributed by atoms with Crippen molar-refractivity contribution in [3.05, 3.63) is 36.7 Å². The molecule has 5 heterocycles. The molecule has 6 rings (SSSR count). The Morgan fingerprint density at radius 3 is 2.76 bits per heavy atom. The van der Waals surface area contributed by atoms with Crippen LogP contribution in [0.1, 0.15) is 52.9 Å².